The molecule has 1 saturated heterocycles. The summed E-state index contributed by atoms with van der Waals surface area (Å²) in [6, 6.07) is 11.1. The lowest BCUT2D eigenvalue weighted by Crippen LogP contribution is -2.43. The van der Waals surface area contributed by atoms with Crippen molar-refractivity contribution in [2.45, 2.75) is 77.9 Å². The van der Waals surface area contributed by atoms with Gasteiger partial charge in [0, 0.05) is 19.2 Å². The van der Waals surface area contributed by atoms with Gasteiger partial charge < -0.3 is 19.5 Å². The number of rotatable bonds is 9. The molecule has 3 rings (SSSR count). The Morgan fingerprint density at radius 3 is 2.59 bits per heavy atom. The van der Waals surface area contributed by atoms with Gasteiger partial charge in [0.05, 0.1) is 7.11 Å². The van der Waals surface area contributed by atoms with Crippen LogP contribution in [0.5, 0.6) is 11.5 Å². The molecule has 37 heavy (non-hydrogen) atoms. The smallest absolute Gasteiger partial charge is 0.328 e. The monoisotopic (exact) mass is 510 g/mol. The number of pyridine rings is 1. The Morgan fingerprint density at radius 1 is 1.16 bits per heavy atom. The summed E-state index contributed by atoms with van der Waals surface area (Å²) < 4.78 is 16.4. The van der Waals surface area contributed by atoms with E-state index in [1.54, 1.807) is 0 Å². The van der Waals surface area contributed by atoms with Crippen LogP contribution in [-0.2, 0) is 20.7 Å². The molecule has 2 heterocycles. The number of unbranched alkanes of at least 4 members (excludes halogenated alkanes) is 1. The summed E-state index contributed by atoms with van der Waals surface area (Å²) in [5.74, 6) is -0.993. The first kappa shape index (κ1) is 28.2. The molecule has 1 aromatic carbocycles. The van der Waals surface area contributed by atoms with E-state index in [2.05, 4.69) is 41.5 Å². The van der Waals surface area contributed by atoms with Crippen molar-refractivity contribution >= 4 is 17.8 Å². The van der Waals surface area contributed by atoms with Crippen molar-refractivity contribution in [3.8, 4) is 11.5 Å². The first-order valence-electron chi connectivity index (χ1n) is 13.1. The lowest BCUT2D eigenvalue weighted by molar-refractivity contribution is -0.154. The number of carbonyl (C=O) groups is 3. The maximum absolute atomic E-state index is 13.2. The third-order valence-electron chi connectivity index (χ3n) is 6.95. The molecule has 1 fully saturated rings. The van der Waals surface area contributed by atoms with Crippen molar-refractivity contribution in [1.29, 1.82) is 0 Å². The van der Waals surface area contributed by atoms with Gasteiger partial charge in [-0.1, -0.05) is 56.5 Å². The minimum absolute atomic E-state index is 0.0812. The molecule has 0 radical (unpaired) electrons. The van der Waals surface area contributed by atoms with Crippen LogP contribution in [0.4, 0.5) is 0 Å². The molecule has 8 heteroatoms. The third kappa shape index (κ3) is 7.78. The Kier molecular flexibility index (Phi) is 10.5. The fourth-order valence-electron chi connectivity index (χ4n) is 5.09. The van der Waals surface area contributed by atoms with Gasteiger partial charge in [0.25, 0.3) is 5.91 Å². The molecule has 1 aromatic heterocycles. The van der Waals surface area contributed by atoms with Crippen molar-refractivity contribution in [1.82, 2.24) is 10.3 Å². The summed E-state index contributed by atoms with van der Waals surface area (Å²) in [5.41, 5.74) is 1.15. The molecular weight excluding hydrogens is 472 g/mol. The van der Waals surface area contributed by atoms with Gasteiger partial charge in [-0.15, -0.1) is 0 Å². The second-order valence-corrected chi connectivity index (χ2v) is 9.64. The standard InChI is InChI=1S/C29H38N2O6/c1-5-6-14-23-19(2)36-29(34)24(15-10-13-22(23)18-21-11-8-7-9-12-21)31-28(33)26-27(37-20(3)32)25(35-4)16-17-30-26/h7-9,11-12,16-17,19,22-24H,5-6,10,13-15,18H2,1-4H3,(H,31,33). The van der Waals surface area contributed by atoms with Crippen LogP contribution in [0.1, 0.15) is 75.3 Å². The Bertz CT molecular complexity index is 1060. The minimum atomic E-state index is -0.838. The maximum atomic E-state index is 13.2. The Balaban J connectivity index is 1.80. The first-order valence-corrected chi connectivity index (χ1v) is 13.1. The molecule has 200 valence electrons. The highest BCUT2D eigenvalue weighted by Gasteiger charge is 2.34. The SMILES string of the molecule is CCCCC1C(Cc2ccccc2)CCCC(NC(=O)c2nccc(OC)c2OC(C)=O)C(=O)OC1C. The molecule has 0 aliphatic carbocycles. The number of benzene rings is 1. The number of aromatic nitrogens is 1. The lowest BCUT2D eigenvalue weighted by Gasteiger charge is -2.31. The first-order chi connectivity index (χ1) is 17.8. The van der Waals surface area contributed by atoms with E-state index < -0.39 is 23.9 Å². The molecule has 1 aliphatic rings. The normalized spacial score (nSPS) is 22.1. The maximum Gasteiger partial charge on any atom is 0.328 e. The predicted molar refractivity (Wildman–Crippen MR) is 139 cm³/mol. The second-order valence-electron chi connectivity index (χ2n) is 9.64. The molecule has 2 aromatic rings. The fraction of sp³-hybridized carbons (Fsp3) is 0.517. The van der Waals surface area contributed by atoms with E-state index in [9.17, 15) is 14.4 Å². The zero-order valence-corrected chi connectivity index (χ0v) is 22.2. The summed E-state index contributed by atoms with van der Waals surface area (Å²) in [6.45, 7) is 5.36. The number of hydrogen-bond acceptors (Lipinski definition) is 7. The van der Waals surface area contributed by atoms with E-state index in [0.29, 0.717) is 12.3 Å². The van der Waals surface area contributed by atoms with Crippen LogP contribution in [0.2, 0.25) is 0 Å². The summed E-state index contributed by atoms with van der Waals surface area (Å²) in [5, 5.41) is 2.77. The van der Waals surface area contributed by atoms with Gasteiger partial charge in [0.2, 0.25) is 5.75 Å². The van der Waals surface area contributed by atoms with Gasteiger partial charge in [-0.2, -0.15) is 0 Å². The lowest BCUT2D eigenvalue weighted by atomic mass is 9.78. The number of amides is 1. The highest BCUT2D eigenvalue weighted by Crippen LogP contribution is 2.34. The Hall–Kier alpha value is -3.42. The number of hydrogen-bond donors (Lipinski definition) is 1. The van der Waals surface area contributed by atoms with Crippen molar-refractivity contribution in [3.63, 3.8) is 0 Å². The van der Waals surface area contributed by atoms with E-state index in [1.807, 2.05) is 13.0 Å². The van der Waals surface area contributed by atoms with Crippen molar-refractivity contribution in [2.75, 3.05) is 7.11 Å². The zero-order chi connectivity index (χ0) is 26.8. The van der Waals surface area contributed by atoms with Crippen LogP contribution in [0.3, 0.4) is 0 Å². The van der Waals surface area contributed by atoms with Gasteiger partial charge >= 0.3 is 11.9 Å². The average molecular weight is 511 g/mol. The van der Waals surface area contributed by atoms with Gasteiger partial charge in [0.15, 0.2) is 11.4 Å². The molecular formula is C29H38N2O6. The van der Waals surface area contributed by atoms with Crippen LogP contribution in [0, 0.1) is 11.8 Å². The van der Waals surface area contributed by atoms with Gasteiger partial charge in [-0.05, 0) is 50.0 Å². The van der Waals surface area contributed by atoms with Crippen molar-refractivity contribution in [3.05, 3.63) is 53.9 Å². The molecule has 1 aliphatic heterocycles. The van der Waals surface area contributed by atoms with Crippen LogP contribution in [0.15, 0.2) is 42.6 Å². The van der Waals surface area contributed by atoms with Crippen LogP contribution in [-0.4, -0.2) is 42.1 Å². The summed E-state index contributed by atoms with van der Waals surface area (Å²) >= 11 is 0. The molecule has 0 bridgehead atoms. The van der Waals surface area contributed by atoms with Crippen LogP contribution in [0.25, 0.3) is 0 Å². The quantitative estimate of drug-likeness (QED) is 0.479. The van der Waals surface area contributed by atoms with Crippen molar-refractivity contribution < 1.29 is 28.6 Å². The van der Waals surface area contributed by atoms with E-state index in [4.69, 9.17) is 14.2 Å². The Morgan fingerprint density at radius 2 is 1.92 bits per heavy atom. The van der Waals surface area contributed by atoms with Crippen molar-refractivity contribution in [2.24, 2.45) is 11.8 Å². The number of methoxy groups -OCH3 is 1. The minimum Gasteiger partial charge on any atom is -0.493 e. The Labute approximate surface area is 219 Å². The molecule has 0 saturated carbocycles. The number of carbonyl (C=O) groups excluding carboxylic acids is 3. The van der Waals surface area contributed by atoms with Gasteiger partial charge in [-0.3, -0.25) is 9.59 Å². The molecule has 1 N–H and O–H groups in total. The van der Waals surface area contributed by atoms with Crippen LogP contribution < -0.4 is 14.8 Å². The number of nitrogens with zero attached hydrogens (tertiary/aromatic N) is 1. The summed E-state index contributed by atoms with van der Waals surface area (Å²) in [6.07, 6.45) is 7.28. The molecule has 8 nitrogen and oxygen atoms in total. The van der Waals surface area contributed by atoms with E-state index in [1.165, 1.54) is 31.9 Å². The molecule has 4 atom stereocenters. The van der Waals surface area contributed by atoms with Crippen LogP contribution >= 0.6 is 0 Å². The third-order valence-corrected chi connectivity index (χ3v) is 6.95. The van der Waals surface area contributed by atoms with Gasteiger partial charge in [-0.25, -0.2) is 9.78 Å². The topological polar surface area (TPSA) is 104 Å². The molecule has 1 amide bonds. The number of cyclic esters (lactones) is 1. The highest BCUT2D eigenvalue weighted by atomic mass is 16.6. The second kappa shape index (κ2) is 13.8. The number of nitrogens with one attached hydrogen (secondary N) is 1. The summed E-state index contributed by atoms with van der Waals surface area (Å²) in [4.78, 5) is 42.1. The fourth-order valence-corrected chi connectivity index (χ4v) is 5.09. The molecule has 0 spiro atoms. The molecule has 4 unspecified atom stereocenters. The highest BCUT2D eigenvalue weighted by molar-refractivity contribution is 5.98. The van der Waals surface area contributed by atoms with E-state index >= 15 is 0 Å². The largest absolute Gasteiger partial charge is 0.493 e. The zero-order valence-electron chi connectivity index (χ0n) is 22.2. The average Bonchev–Trinajstić information content (AvgIpc) is 2.92. The predicted octanol–water partition coefficient (Wildman–Crippen LogP) is 4.89. The number of esters is 2. The van der Waals surface area contributed by atoms with E-state index in [0.717, 1.165) is 38.5 Å². The van der Waals surface area contributed by atoms with Gasteiger partial charge in [0.1, 0.15) is 12.1 Å². The van der Waals surface area contributed by atoms with E-state index in [-0.39, 0.29) is 29.2 Å². The summed E-state index contributed by atoms with van der Waals surface area (Å²) in [7, 11) is 1.40. The number of ether oxygens (including phenoxy) is 3.